The van der Waals surface area contributed by atoms with Crippen LogP contribution in [0.1, 0.15) is 6.42 Å². The van der Waals surface area contributed by atoms with Gasteiger partial charge in [0.1, 0.15) is 0 Å². The van der Waals surface area contributed by atoms with E-state index in [0.717, 1.165) is 0 Å². The van der Waals surface area contributed by atoms with E-state index in [2.05, 4.69) is 6.58 Å². The monoisotopic (exact) mass is 146 g/mol. The van der Waals surface area contributed by atoms with Crippen LogP contribution in [0.4, 0.5) is 0 Å². The van der Waals surface area contributed by atoms with Gasteiger partial charge < -0.3 is 5.11 Å². The van der Waals surface area contributed by atoms with Crippen LogP contribution in [0.15, 0.2) is 23.8 Å². The molecule has 0 bridgehead atoms. The van der Waals surface area contributed by atoms with Crippen molar-refractivity contribution in [3.05, 3.63) is 23.8 Å². The standard InChI is InChI=1S/C6H7ClO2/c1-2-3-5(7)4-6(8)9/h2-3H,1,4H2,(H,8,9). The van der Waals surface area contributed by atoms with Crippen molar-refractivity contribution in [1.29, 1.82) is 0 Å². The van der Waals surface area contributed by atoms with Gasteiger partial charge in [0.25, 0.3) is 0 Å². The highest BCUT2D eigenvalue weighted by Crippen LogP contribution is 2.05. The van der Waals surface area contributed by atoms with Crippen molar-refractivity contribution in [2.24, 2.45) is 0 Å². The Morgan fingerprint density at radius 2 is 2.33 bits per heavy atom. The highest BCUT2D eigenvalue weighted by Gasteiger charge is 1.97. The Morgan fingerprint density at radius 3 is 2.67 bits per heavy atom. The number of allylic oxidation sites excluding steroid dienone is 2. The van der Waals surface area contributed by atoms with Crippen molar-refractivity contribution in [3.63, 3.8) is 0 Å². The van der Waals surface area contributed by atoms with E-state index in [4.69, 9.17) is 16.7 Å². The highest BCUT2D eigenvalue weighted by atomic mass is 35.5. The van der Waals surface area contributed by atoms with Crippen LogP contribution >= 0.6 is 11.6 Å². The Hall–Kier alpha value is -0.760. The smallest absolute Gasteiger partial charge is 0.308 e. The number of carboxylic acid groups (broad SMARTS) is 1. The predicted octanol–water partition coefficient (Wildman–Crippen LogP) is 1.77. The van der Waals surface area contributed by atoms with Gasteiger partial charge in [-0.3, -0.25) is 4.79 Å². The number of hydrogen-bond acceptors (Lipinski definition) is 1. The summed E-state index contributed by atoms with van der Waals surface area (Å²) in [5.74, 6) is -0.932. The maximum atomic E-state index is 9.92. The van der Waals surface area contributed by atoms with E-state index in [0.29, 0.717) is 0 Å². The first kappa shape index (κ1) is 8.24. The van der Waals surface area contributed by atoms with Gasteiger partial charge in [-0.15, -0.1) is 0 Å². The summed E-state index contributed by atoms with van der Waals surface area (Å²) in [5, 5.41) is 8.44. The van der Waals surface area contributed by atoms with Crippen LogP contribution in [0.25, 0.3) is 0 Å². The van der Waals surface area contributed by atoms with Crippen molar-refractivity contribution >= 4 is 17.6 Å². The minimum Gasteiger partial charge on any atom is -0.481 e. The van der Waals surface area contributed by atoms with Crippen molar-refractivity contribution in [2.75, 3.05) is 0 Å². The maximum Gasteiger partial charge on any atom is 0.308 e. The van der Waals surface area contributed by atoms with Crippen molar-refractivity contribution in [2.45, 2.75) is 6.42 Å². The van der Waals surface area contributed by atoms with Crippen LogP contribution in [-0.2, 0) is 4.79 Å². The largest absolute Gasteiger partial charge is 0.481 e. The van der Waals surface area contributed by atoms with Gasteiger partial charge in [-0.2, -0.15) is 0 Å². The van der Waals surface area contributed by atoms with E-state index >= 15 is 0 Å². The van der Waals surface area contributed by atoms with E-state index in [1.807, 2.05) is 0 Å². The molecule has 0 aliphatic rings. The normalized spacial score (nSPS) is 11.0. The summed E-state index contributed by atoms with van der Waals surface area (Å²) in [5.41, 5.74) is 0. The summed E-state index contributed by atoms with van der Waals surface area (Å²) in [6, 6.07) is 0. The van der Waals surface area contributed by atoms with E-state index < -0.39 is 5.97 Å². The second kappa shape index (κ2) is 4.15. The van der Waals surface area contributed by atoms with E-state index in [-0.39, 0.29) is 11.5 Å². The molecule has 0 aromatic rings. The zero-order chi connectivity index (χ0) is 7.28. The third-order valence-electron chi connectivity index (χ3n) is 0.619. The molecule has 0 atom stereocenters. The number of halogens is 1. The molecular weight excluding hydrogens is 140 g/mol. The first-order valence-corrected chi connectivity index (χ1v) is 2.73. The van der Waals surface area contributed by atoms with Crippen LogP contribution in [0.3, 0.4) is 0 Å². The van der Waals surface area contributed by atoms with Gasteiger partial charge >= 0.3 is 5.97 Å². The Balaban J connectivity index is 3.75. The fourth-order valence-corrected chi connectivity index (χ4v) is 0.535. The molecule has 0 saturated heterocycles. The summed E-state index contributed by atoms with van der Waals surface area (Å²) < 4.78 is 0. The predicted molar refractivity (Wildman–Crippen MR) is 36.4 cm³/mol. The van der Waals surface area contributed by atoms with Gasteiger partial charge in [0.15, 0.2) is 0 Å². The minimum atomic E-state index is -0.932. The van der Waals surface area contributed by atoms with Crippen molar-refractivity contribution in [1.82, 2.24) is 0 Å². The summed E-state index contributed by atoms with van der Waals surface area (Å²) >= 11 is 5.38. The lowest BCUT2D eigenvalue weighted by molar-refractivity contribution is -0.136. The molecule has 50 valence electrons. The zero-order valence-corrected chi connectivity index (χ0v) is 5.56. The number of carbonyl (C=O) groups is 1. The summed E-state index contributed by atoms with van der Waals surface area (Å²) in [6.45, 7) is 3.35. The molecular formula is C6H7ClO2. The number of rotatable bonds is 3. The second-order valence-corrected chi connectivity index (χ2v) is 1.91. The lowest BCUT2D eigenvalue weighted by Gasteiger charge is -1.87. The molecule has 0 aromatic carbocycles. The molecule has 0 aliphatic carbocycles. The average molecular weight is 147 g/mol. The van der Waals surface area contributed by atoms with Crippen LogP contribution in [0.5, 0.6) is 0 Å². The molecule has 1 N–H and O–H groups in total. The summed E-state index contributed by atoms with van der Waals surface area (Å²) in [6.07, 6.45) is 2.77. The van der Waals surface area contributed by atoms with Gasteiger partial charge in [-0.1, -0.05) is 24.3 Å². The fraction of sp³-hybridized carbons (Fsp3) is 0.167. The molecule has 0 rings (SSSR count). The quantitative estimate of drug-likeness (QED) is 0.617. The molecule has 0 heterocycles. The minimum absolute atomic E-state index is 0.131. The van der Waals surface area contributed by atoms with E-state index in [1.54, 1.807) is 0 Å². The number of carboxylic acids is 1. The highest BCUT2D eigenvalue weighted by molar-refractivity contribution is 6.30. The van der Waals surface area contributed by atoms with Gasteiger partial charge in [-0.05, 0) is 6.08 Å². The SMILES string of the molecule is C=CC=C(Cl)CC(=O)O. The van der Waals surface area contributed by atoms with Crippen LogP contribution in [0, 0.1) is 0 Å². The molecule has 3 heteroatoms. The molecule has 0 unspecified atom stereocenters. The topological polar surface area (TPSA) is 37.3 Å². The Morgan fingerprint density at radius 1 is 1.78 bits per heavy atom. The molecule has 0 aromatic heterocycles. The van der Waals surface area contributed by atoms with Gasteiger partial charge in [0.2, 0.25) is 0 Å². The third-order valence-corrected chi connectivity index (χ3v) is 0.878. The average Bonchev–Trinajstić information content (AvgIpc) is 1.63. The molecule has 0 aliphatic heterocycles. The first-order valence-electron chi connectivity index (χ1n) is 2.35. The lowest BCUT2D eigenvalue weighted by atomic mass is 10.4. The molecule has 0 fully saturated rings. The number of hydrogen-bond donors (Lipinski definition) is 1. The molecule has 0 radical (unpaired) electrons. The van der Waals surface area contributed by atoms with Crippen LogP contribution in [0.2, 0.25) is 0 Å². The maximum absolute atomic E-state index is 9.92. The van der Waals surface area contributed by atoms with Gasteiger partial charge in [0.05, 0.1) is 6.42 Å². The van der Waals surface area contributed by atoms with Gasteiger partial charge in [0, 0.05) is 5.03 Å². The Bertz CT molecular complexity index is 149. The Kier molecular flexibility index (Phi) is 3.80. The molecule has 0 amide bonds. The molecule has 9 heavy (non-hydrogen) atoms. The van der Waals surface area contributed by atoms with Crippen molar-refractivity contribution < 1.29 is 9.90 Å². The summed E-state index contributed by atoms with van der Waals surface area (Å²) in [4.78, 5) is 9.92. The Labute approximate surface area is 58.4 Å². The van der Waals surface area contributed by atoms with E-state index in [1.165, 1.54) is 12.2 Å². The molecule has 0 spiro atoms. The lowest BCUT2D eigenvalue weighted by Crippen LogP contribution is -1.92. The number of aliphatic carboxylic acids is 1. The van der Waals surface area contributed by atoms with E-state index in [9.17, 15) is 4.79 Å². The van der Waals surface area contributed by atoms with Crippen LogP contribution in [-0.4, -0.2) is 11.1 Å². The second-order valence-electron chi connectivity index (χ2n) is 1.42. The van der Waals surface area contributed by atoms with Crippen molar-refractivity contribution in [3.8, 4) is 0 Å². The fourth-order valence-electron chi connectivity index (χ4n) is 0.331. The third kappa shape index (κ3) is 5.11. The summed E-state index contributed by atoms with van der Waals surface area (Å²) in [7, 11) is 0. The van der Waals surface area contributed by atoms with Gasteiger partial charge in [-0.25, -0.2) is 0 Å². The zero-order valence-electron chi connectivity index (χ0n) is 4.80. The van der Waals surface area contributed by atoms with Crippen LogP contribution < -0.4 is 0 Å². The first-order chi connectivity index (χ1) is 4.16. The molecule has 2 nitrogen and oxygen atoms in total. The molecule has 0 saturated carbocycles.